The molecule has 1 saturated heterocycles. The molecule has 0 bridgehead atoms. The van der Waals surface area contributed by atoms with E-state index >= 15 is 0 Å². The van der Waals surface area contributed by atoms with Crippen LogP contribution in [0.15, 0.2) is 41.3 Å². The Morgan fingerprint density at radius 3 is 2.45 bits per heavy atom. The minimum Gasteiger partial charge on any atom is -0.326 e. The van der Waals surface area contributed by atoms with E-state index in [-0.39, 0.29) is 46.8 Å². The number of carbonyl (C=O) groups is 2. The fourth-order valence-corrected chi connectivity index (χ4v) is 6.27. The number of piperidine rings is 1. The van der Waals surface area contributed by atoms with Gasteiger partial charge in [-0.3, -0.25) is 9.59 Å². The van der Waals surface area contributed by atoms with E-state index in [0.29, 0.717) is 24.9 Å². The van der Waals surface area contributed by atoms with Crippen LogP contribution in [0.25, 0.3) is 0 Å². The Morgan fingerprint density at radius 1 is 1.12 bits per heavy atom. The van der Waals surface area contributed by atoms with Crippen LogP contribution < -0.4 is 10.2 Å². The van der Waals surface area contributed by atoms with Crippen LogP contribution in [0.3, 0.4) is 0 Å². The van der Waals surface area contributed by atoms with Crippen LogP contribution in [0.1, 0.15) is 32.3 Å². The Bertz CT molecular complexity index is 1210. The molecule has 2 aromatic rings. The molecule has 2 aliphatic heterocycles. The zero-order chi connectivity index (χ0) is 23.9. The summed E-state index contributed by atoms with van der Waals surface area (Å²) >= 11 is 5.76. The molecule has 176 valence electrons. The topological polar surface area (TPSA) is 86.8 Å². The summed E-state index contributed by atoms with van der Waals surface area (Å²) in [6, 6.07) is 8.83. The molecule has 1 atom stereocenters. The van der Waals surface area contributed by atoms with Gasteiger partial charge in [-0.25, -0.2) is 12.8 Å². The molecule has 4 rings (SSSR count). The summed E-state index contributed by atoms with van der Waals surface area (Å²) < 4.78 is 41.1. The number of carbonyl (C=O) groups excluding carboxylic acids is 2. The maximum Gasteiger partial charge on any atom is 0.243 e. The van der Waals surface area contributed by atoms with Crippen molar-refractivity contribution in [1.29, 1.82) is 0 Å². The van der Waals surface area contributed by atoms with E-state index in [2.05, 4.69) is 5.32 Å². The number of nitrogens with zero attached hydrogens (tertiary/aromatic N) is 2. The lowest BCUT2D eigenvalue weighted by Gasteiger charge is -2.30. The first-order valence-corrected chi connectivity index (χ1v) is 12.6. The van der Waals surface area contributed by atoms with Gasteiger partial charge in [-0.05, 0) is 68.1 Å². The third kappa shape index (κ3) is 4.62. The van der Waals surface area contributed by atoms with Gasteiger partial charge in [0.2, 0.25) is 21.8 Å². The average molecular weight is 494 g/mol. The number of amides is 2. The number of nitrogens with one attached hydrogen (secondary N) is 1. The number of hydrogen-bond acceptors (Lipinski definition) is 4. The molecule has 10 heteroatoms. The first-order chi connectivity index (χ1) is 15.6. The molecule has 2 aromatic carbocycles. The number of fused-ring (bicyclic) bond motifs is 1. The van der Waals surface area contributed by atoms with Gasteiger partial charge >= 0.3 is 0 Å². The van der Waals surface area contributed by atoms with Crippen molar-refractivity contribution < 1.29 is 22.4 Å². The third-order valence-corrected chi connectivity index (χ3v) is 8.44. The zero-order valence-corrected chi connectivity index (χ0v) is 19.9. The first-order valence-electron chi connectivity index (χ1n) is 10.8. The zero-order valence-electron chi connectivity index (χ0n) is 18.3. The number of anilines is 2. The molecule has 7 nitrogen and oxygen atoms in total. The van der Waals surface area contributed by atoms with Gasteiger partial charge in [-0.15, -0.1) is 0 Å². The van der Waals surface area contributed by atoms with E-state index in [4.69, 9.17) is 11.6 Å². The van der Waals surface area contributed by atoms with Gasteiger partial charge in [0.25, 0.3) is 0 Å². The van der Waals surface area contributed by atoms with E-state index in [0.717, 1.165) is 11.3 Å². The molecule has 0 unspecified atom stereocenters. The summed E-state index contributed by atoms with van der Waals surface area (Å²) in [5.74, 6) is -1.24. The number of hydrogen-bond donors (Lipinski definition) is 1. The molecule has 33 heavy (non-hydrogen) atoms. The molecule has 0 aromatic heterocycles. The Hall–Kier alpha value is -2.49. The summed E-state index contributed by atoms with van der Waals surface area (Å²) in [7, 11) is -3.72. The van der Waals surface area contributed by atoms with E-state index in [1.54, 1.807) is 23.1 Å². The molecule has 2 amide bonds. The highest BCUT2D eigenvalue weighted by atomic mass is 35.5. The standard InChI is InChI=1S/C23H25ClFN3O4S/c1-14-11-17-12-19(4-6-22(17)28(14)15(2)29)33(31,32)27-9-7-16(8-10-27)23(30)26-18-3-5-21(25)20(24)13-18/h3-6,12-14,16H,7-11H2,1-2H3,(H,26,30)/t14-/m1/s1. The molecule has 0 saturated carbocycles. The maximum atomic E-state index is 13.3. The molecule has 1 fully saturated rings. The summed E-state index contributed by atoms with van der Waals surface area (Å²) in [6.07, 6.45) is 1.36. The van der Waals surface area contributed by atoms with E-state index in [1.165, 1.54) is 29.4 Å². The predicted octanol–water partition coefficient (Wildman–Crippen LogP) is 3.82. The molecular formula is C23H25ClFN3O4S. The highest BCUT2D eigenvalue weighted by Gasteiger charge is 2.34. The van der Waals surface area contributed by atoms with Crippen LogP contribution in [0.5, 0.6) is 0 Å². The van der Waals surface area contributed by atoms with E-state index < -0.39 is 15.8 Å². The second-order valence-electron chi connectivity index (χ2n) is 8.53. The summed E-state index contributed by atoms with van der Waals surface area (Å²) in [4.78, 5) is 26.4. The normalized spacial score (nSPS) is 19.4. The van der Waals surface area contributed by atoms with Crippen LogP contribution in [0, 0.1) is 11.7 Å². The van der Waals surface area contributed by atoms with Gasteiger partial charge in [0.15, 0.2) is 0 Å². The maximum absolute atomic E-state index is 13.3. The fourth-order valence-electron chi connectivity index (χ4n) is 4.57. The number of benzene rings is 2. The van der Waals surface area contributed by atoms with Gasteiger partial charge in [0.1, 0.15) is 5.82 Å². The summed E-state index contributed by atoms with van der Waals surface area (Å²) in [5.41, 5.74) is 1.99. The first kappa shape index (κ1) is 23.7. The third-order valence-electron chi connectivity index (χ3n) is 6.26. The molecule has 0 spiro atoms. The van der Waals surface area contributed by atoms with Crippen molar-refractivity contribution in [3.63, 3.8) is 0 Å². The van der Waals surface area contributed by atoms with Crippen LogP contribution in [0.4, 0.5) is 15.8 Å². The monoisotopic (exact) mass is 493 g/mol. The number of rotatable bonds is 4. The second-order valence-corrected chi connectivity index (χ2v) is 10.9. The van der Waals surface area contributed by atoms with Crippen LogP contribution >= 0.6 is 11.6 Å². The van der Waals surface area contributed by atoms with Crippen molar-refractivity contribution in [2.24, 2.45) is 5.92 Å². The smallest absolute Gasteiger partial charge is 0.243 e. The van der Waals surface area contributed by atoms with Gasteiger partial charge in [-0.2, -0.15) is 4.31 Å². The van der Waals surface area contributed by atoms with Crippen molar-refractivity contribution in [2.75, 3.05) is 23.3 Å². The highest BCUT2D eigenvalue weighted by Crippen LogP contribution is 2.35. The highest BCUT2D eigenvalue weighted by molar-refractivity contribution is 7.89. The number of halogens is 2. The Labute approximate surface area is 197 Å². The largest absolute Gasteiger partial charge is 0.326 e. The molecule has 0 aliphatic carbocycles. The Kier molecular flexibility index (Phi) is 6.48. The van der Waals surface area contributed by atoms with Crippen LogP contribution in [-0.2, 0) is 26.0 Å². The second kappa shape index (κ2) is 9.04. The Morgan fingerprint density at radius 2 is 1.82 bits per heavy atom. The minimum absolute atomic E-state index is 0.0132. The Balaban J connectivity index is 1.42. The molecule has 1 N–H and O–H groups in total. The molecule has 0 radical (unpaired) electrons. The lowest BCUT2D eigenvalue weighted by atomic mass is 9.97. The van der Waals surface area contributed by atoms with Gasteiger partial charge in [0.05, 0.1) is 9.92 Å². The summed E-state index contributed by atoms with van der Waals surface area (Å²) in [5, 5.41) is 2.64. The van der Waals surface area contributed by atoms with Crippen LogP contribution in [0.2, 0.25) is 5.02 Å². The average Bonchev–Trinajstić information content (AvgIpc) is 3.11. The number of sulfonamides is 1. The lowest BCUT2D eigenvalue weighted by molar-refractivity contribution is -0.121. The predicted molar refractivity (Wildman–Crippen MR) is 124 cm³/mol. The summed E-state index contributed by atoms with van der Waals surface area (Å²) in [6.45, 7) is 3.88. The lowest BCUT2D eigenvalue weighted by Crippen LogP contribution is -2.41. The van der Waals surface area contributed by atoms with Gasteiger partial charge in [0, 0.05) is 43.3 Å². The van der Waals surface area contributed by atoms with Crippen molar-refractivity contribution in [3.8, 4) is 0 Å². The molecule has 2 heterocycles. The van der Waals surface area contributed by atoms with Gasteiger partial charge in [-0.1, -0.05) is 11.6 Å². The molecular weight excluding hydrogens is 469 g/mol. The van der Waals surface area contributed by atoms with Crippen molar-refractivity contribution in [3.05, 3.63) is 52.8 Å². The molecule has 2 aliphatic rings. The van der Waals surface area contributed by atoms with Crippen molar-refractivity contribution >= 4 is 44.8 Å². The van der Waals surface area contributed by atoms with Crippen molar-refractivity contribution in [2.45, 2.75) is 44.0 Å². The van der Waals surface area contributed by atoms with E-state index in [1.807, 2.05) is 6.92 Å². The minimum atomic E-state index is -3.72. The SMILES string of the molecule is CC(=O)N1c2ccc(S(=O)(=O)N3CCC(C(=O)Nc4ccc(F)c(Cl)c4)CC3)cc2C[C@H]1C. The quantitative estimate of drug-likeness (QED) is 0.701. The van der Waals surface area contributed by atoms with Gasteiger partial charge < -0.3 is 10.2 Å². The van der Waals surface area contributed by atoms with E-state index in [9.17, 15) is 22.4 Å². The van der Waals surface area contributed by atoms with Crippen molar-refractivity contribution in [1.82, 2.24) is 4.31 Å². The van der Waals surface area contributed by atoms with Crippen LogP contribution in [-0.4, -0.2) is 43.7 Å². The fraction of sp³-hybridized carbons (Fsp3) is 0.391.